The summed E-state index contributed by atoms with van der Waals surface area (Å²) in [6.45, 7) is 4.26. The number of amidine groups is 1. The SMILES string of the molecule is CCOP(=O)(Cc1ccc(N=C2NC(=O)CS2=Cc2ccc3ccccc3c2)cc1)OCC. The number of benzene rings is 3. The van der Waals surface area contributed by atoms with Gasteiger partial charge in [-0.2, -0.15) is 0 Å². The second-order valence-electron chi connectivity index (χ2n) is 7.53. The third-order valence-electron chi connectivity index (χ3n) is 5.03. The standard InChI is InChI=1S/C25H27N2O4PS/c1-3-30-32(29,31-4-2)16-19-10-13-23(14-11-19)26-25-27-24(28)18-33(25)17-20-9-12-21-7-5-6-8-22(21)15-20/h5-15,17H,3-4,16,18H2,1-2H3,(H,26,27,28). The van der Waals surface area contributed by atoms with Gasteiger partial charge in [0.05, 0.1) is 30.8 Å². The summed E-state index contributed by atoms with van der Waals surface area (Å²) in [5.74, 6) is 0.371. The van der Waals surface area contributed by atoms with E-state index in [0.29, 0.717) is 24.1 Å². The lowest BCUT2D eigenvalue weighted by molar-refractivity contribution is -0.116. The fourth-order valence-electron chi connectivity index (χ4n) is 3.60. The van der Waals surface area contributed by atoms with Gasteiger partial charge in [-0.3, -0.25) is 9.36 Å². The molecule has 172 valence electrons. The molecule has 33 heavy (non-hydrogen) atoms. The molecule has 1 aliphatic rings. The number of nitrogens with one attached hydrogen (secondary N) is 1. The molecular formula is C25H27N2O4PS. The van der Waals surface area contributed by atoms with Crippen LogP contribution in [0.15, 0.2) is 71.7 Å². The average molecular weight is 483 g/mol. The van der Waals surface area contributed by atoms with Crippen LogP contribution in [0.2, 0.25) is 0 Å². The third-order valence-corrected chi connectivity index (χ3v) is 8.90. The highest BCUT2D eigenvalue weighted by Gasteiger charge is 2.24. The fraction of sp³-hybridized carbons (Fsp3) is 0.240. The molecule has 1 unspecified atom stereocenters. The summed E-state index contributed by atoms with van der Waals surface area (Å²) in [7, 11) is -3.59. The van der Waals surface area contributed by atoms with E-state index in [1.807, 2.05) is 36.4 Å². The van der Waals surface area contributed by atoms with E-state index in [9.17, 15) is 9.36 Å². The summed E-state index contributed by atoms with van der Waals surface area (Å²) in [5, 5.41) is 8.03. The van der Waals surface area contributed by atoms with Gasteiger partial charge in [-0.15, -0.1) is 10.5 Å². The Morgan fingerprint density at radius 3 is 2.39 bits per heavy atom. The lowest BCUT2D eigenvalue weighted by Gasteiger charge is -2.16. The van der Waals surface area contributed by atoms with Gasteiger partial charge in [-0.05, 0) is 59.3 Å². The van der Waals surface area contributed by atoms with Crippen molar-refractivity contribution in [3.05, 3.63) is 77.9 Å². The maximum Gasteiger partial charge on any atom is 0.335 e. The van der Waals surface area contributed by atoms with Crippen molar-refractivity contribution in [2.75, 3.05) is 19.0 Å². The number of fused-ring (bicyclic) bond motifs is 1. The molecule has 1 fully saturated rings. The van der Waals surface area contributed by atoms with E-state index in [4.69, 9.17) is 14.0 Å². The zero-order valence-electron chi connectivity index (χ0n) is 18.7. The smallest absolute Gasteiger partial charge is 0.309 e. The summed E-state index contributed by atoms with van der Waals surface area (Å²) in [4.78, 5) is 16.8. The van der Waals surface area contributed by atoms with Gasteiger partial charge in [0, 0.05) is 0 Å². The number of carbonyl (C=O) groups excluding carboxylic acids is 1. The Morgan fingerprint density at radius 2 is 1.70 bits per heavy atom. The topological polar surface area (TPSA) is 77.0 Å². The van der Waals surface area contributed by atoms with Crippen LogP contribution in [0.25, 0.3) is 10.8 Å². The molecule has 0 saturated carbocycles. The van der Waals surface area contributed by atoms with Crippen molar-refractivity contribution in [1.29, 1.82) is 0 Å². The number of aliphatic imine (C=N–C) groups is 1. The molecule has 0 aromatic heterocycles. The van der Waals surface area contributed by atoms with Crippen molar-refractivity contribution < 1.29 is 18.4 Å². The predicted molar refractivity (Wildman–Crippen MR) is 138 cm³/mol. The van der Waals surface area contributed by atoms with Crippen molar-refractivity contribution in [2.24, 2.45) is 4.99 Å². The van der Waals surface area contributed by atoms with Crippen molar-refractivity contribution in [3.8, 4) is 0 Å². The number of rotatable bonds is 8. The first-order chi connectivity index (χ1) is 16.0. The van der Waals surface area contributed by atoms with Gasteiger partial charge in [0.2, 0.25) is 5.91 Å². The highest BCUT2D eigenvalue weighted by atomic mass is 32.2. The predicted octanol–water partition coefficient (Wildman–Crippen LogP) is 5.84. The Hall–Kier alpha value is -2.57. The van der Waals surface area contributed by atoms with E-state index in [-0.39, 0.29) is 12.1 Å². The van der Waals surface area contributed by atoms with Crippen LogP contribution in [-0.4, -0.2) is 35.4 Å². The molecule has 0 bridgehead atoms. The number of hydrogen-bond donors (Lipinski definition) is 1. The molecule has 0 radical (unpaired) electrons. The van der Waals surface area contributed by atoms with E-state index in [1.165, 1.54) is 10.8 Å². The fourth-order valence-corrected chi connectivity index (χ4v) is 6.93. The Kier molecular flexibility index (Phi) is 7.56. The van der Waals surface area contributed by atoms with Crippen LogP contribution in [0.1, 0.15) is 25.0 Å². The van der Waals surface area contributed by atoms with Crippen molar-refractivity contribution in [1.82, 2.24) is 5.32 Å². The van der Waals surface area contributed by atoms with Gasteiger partial charge in [0.1, 0.15) is 0 Å². The molecule has 1 aliphatic heterocycles. The summed E-state index contributed by atoms with van der Waals surface area (Å²) in [5.41, 5.74) is 2.64. The molecule has 0 spiro atoms. The number of amides is 1. The maximum atomic E-state index is 12.8. The van der Waals surface area contributed by atoms with E-state index in [1.54, 1.807) is 13.8 Å². The van der Waals surface area contributed by atoms with Gasteiger partial charge < -0.3 is 14.4 Å². The maximum absolute atomic E-state index is 12.8. The number of hydrogen-bond acceptors (Lipinski definition) is 5. The van der Waals surface area contributed by atoms with Crippen LogP contribution in [0, 0.1) is 0 Å². The number of carbonyl (C=O) groups is 1. The summed E-state index contributed by atoms with van der Waals surface area (Å²) < 4.78 is 23.5. The summed E-state index contributed by atoms with van der Waals surface area (Å²) >= 11 is 0. The first kappa shape index (κ1) is 23.6. The molecule has 1 saturated heterocycles. The molecule has 6 nitrogen and oxygen atoms in total. The van der Waals surface area contributed by atoms with E-state index in [0.717, 1.165) is 16.8 Å². The molecule has 1 atom stereocenters. The van der Waals surface area contributed by atoms with Crippen LogP contribution >= 0.6 is 18.1 Å². The minimum absolute atomic E-state index is 0.0277. The second kappa shape index (κ2) is 10.6. The van der Waals surface area contributed by atoms with E-state index in [2.05, 4.69) is 41.0 Å². The molecule has 0 aliphatic carbocycles. The first-order valence-corrected chi connectivity index (χ1v) is 14.1. The molecule has 8 heteroatoms. The van der Waals surface area contributed by atoms with Gasteiger partial charge >= 0.3 is 7.60 Å². The zero-order chi connectivity index (χ0) is 23.3. The lowest BCUT2D eigenvalue weighted by Crippen LogP contribution is -2.20. The molecule has 3 aromatic carbocycles. The van der Waals surface area contributed by atoms with Crippen molar-refractivity contribution >= 4 is 51.0 Å². The van der Waals surface area contributed by atoms with Gasteiger partial charge in [0.25, 0.3) is 0 Å². The van der Waals surface area contributed by atoms with Crippen LogP contribution in [-0.2, 0) is 24.6 Å². The van der Waals surface area contributed by atoms with Crippen LogP contribution in [0.3, 0.4) is 0 Å². The molecule has 1 N–H and O–H groups in total. The van der Waals surface area contributed by atoms with Crippen molar-refractivity contribution in [3.63, 3.8) is 0 Å². The molecular weight excluding hydrogens is 455 g/mol. The van der Waals surface area contributed by atoms with E-state index < -0.39 is 18.1 Å². The molecule has 3 aromatic rings. The largest absolute Gasteiger partial charge is 0.335 e. The normalized spacial score (nSPS) is 17.7. The van der Waals surface area contributed by atoms with E-state index >= 15 is 0 Å². The number of nitrogens with zero attached hydrogens (tertiary/aromatic N) is 1. The van der Waals surface area contributed by atoms with Crippen LogP contribution < -0.4 is 5.32 Å². The first-order valence-electron chi connectivity index (χ1n) is 10.9. The highest BCUT2D eigenvalue weighted by molar-refractivity contribution is 8.29. The second-order valence-corrected chi connectivity index (χ2v) is 11.4. The Morgan fingerprint density at radius 1 is 1.00 bits per heavy atom. The Balaban J connectivity index is 1.56. The molecule has 1 heterocycles. The highest BCUT2D eigenvalue weighted by Crippen LogP contribution is 2.51. The molecule has 4 rings (SSSR count). The quantitative estimate of drug-likeness (QED) is 0.323. The summed E-state index contributed by atoms with van der Waals surface area (Å²) in [6.07, 6.45) is 0.211. The van der Waals surface area contributed by atoms with Gasteiger partial charge in [-0.25, -0.2) is 4.99 Å². The Labute approximate surface area is 196 Å². The summed E-state index contributed by atoms with van der Waals surface area (Å²) in [6, 6.07) is 21.9. The average Bonchev–Trinajstić information content (AvgIpc) is 3.13. The van der Waals surface area contributed by atoms with Gasteiger partial charge in [-0.1, -0.05) is 48.5 Å². The third kappa shape index (κ3) is 6.06. The minimum atomic E-state index is -3.16. The lowest BCUT2D eigenvalue weighted by atomic mass is 10.1. The minimum Gasteiger partial charge on any atom is -0.309 e. The van der Waals surface area contributed by atoms with Crippen molar-refractivity contribution in [2.45, 2.75) is 20.0 Å². The monoisotopic (exact) mass is 482 g/mol. The zero-order valence-corrected chi connectivity index (χ0v) is 20.4. The van der Waals surface area contributed by atoms with Crippen LogP contribution in [0.4, 0.5) is 5.69 Å². The van der Waals surface area contributed by atoms with Crippen LogP contribution in [0.5, 0.6) is 0 Å². The molecule has 1 amide bonds. The Bertz CT molecular complexity index is 1260. The van der Waals surface area contributed by atoms with Gasteiger partial charge in [0.15, 0.2) is 5.17 Å².